The van der Waals surface area contributed by atoms with Crippen LogP contribution >= 0.6 is 0 Å². The van der Waals surface area contributed by atoms with Gasteiger partial charge in [0.2, 0.25) is 5.88 Å². The Bertz CT molecular complexity index is 1130. The Kier molecular flexibility index (Phi) is 8.57. The predicted octanol–water partition coefficient (Wildman–Crippen LogP) is 4.54. The van der Waals surface area contributed by atoms with Gasteiger partial charge in [-0.2, -0.15) is 0 Å². The third-order valence-corrected chi connectivity index (χ3v) is 6.12. The van der Waals surface area contributed by atoms with E-state index in [0.29, 0.717) is 48.4 Å². The Morgan fingerprint density at radius 2 is 1.80 bits per heavy atom. The minimum absolute atomic E-state index is 0.0688. The van der Waals surface area contributed by atoms with Gasteiger partial charge < -0.3 is 24.3 Å². The summed E-state index contributed by atoms with van der Waals surface area (Å²) in [5.74, 6) is 2.34. The average Bonchev–Trinajstić information content (AvgIpc) is 2.92. The van der Waals surface area contributed by atoms with E-state index in [1.165, 1.54) is 0 Å². The van der Waals surface area contributed by atoms with Crippen LogP contribution in [0.1, 0.15) is 28.8 Å². The molecule has 0 aliphatic carbocycles. The second-order valence-corrected chi connectivity index (χ2v) is 8.50. The highest BCUT2D eigenvalue weighted by Gasteiger charge is 2.16. The van der Waals surface area contributed by atoms with Gasteiger partial charge in [-0.15, -0.1) is 0 Å². The largest absolute Gasteiger partial charge is 0.493 e. The number of nitrogens with one attached hydrogen (secondary N) is 1. The lowest BCUT2D eigenvalue weighted by molar-refractivity contribution is 0.0642. The maximum atomic E-state index is 12.7. The van der Waals surface area contributed by atoms with Gasteiger partial charge >= 0.3 is 0 Å². The second-order valence-electron chi connectivity index (χ2n) is 8.50. The van der Waals surface area contributed by atoms with Crippen LogP contribution in [0.15, 0.2) is 60.7 Å². The number of hydrogen-bond acceptors (Lipinski definition) is 6. The monoisotopic (exact) mass is 476 g/mol. The van der Waals surface area contributed by atoms with Crippen molar-refractivity contribution in [2.45, 2.75) is 19.3 Å². The molecule has 1 amide bonds. The van der Waals surface area contributed by atoms with Crippen molar-refractivity contribution in [3.63, 3.8) is 0 Å². The number of hydrogen-bond donors (Lipinski definition) is 1. The molecule has 0 spiro atoms. The fraction of sp³-hybridized carbons (Fsp3) is 0.357. The molecule has 0 saturated carbocycles. The number of carbonyl (C=O) groups is 1. The summed E-state index contributed by atoms with van der Waals surface area (Å²) in [4.78, 5) is 17.3. The van der Waals surface area contributed by atoms with Gasteiger partial charge in [0.15, 0.2) is 11.5 Å². The quantitative estimate of drug-likeness (QED) is 0.463. The molecule has 35 heavy (non-hydrogen) atoms. The van der Waals surface area contributed by atoms with Crippen LogP contribution in [-0.4, -0.2) is 51.5 Å². The first-order chi connectivity index (χ1) is 17.2. The topological polar surface area (TPSA) is 78.9 Å². The van der Waals surface area contributed by atoms with Gasteiger partial charge in [0.05, 0.1) is 26.5 Å². The van der Waals surface area contributed by atoms with Crippen LogP contribution in [0.3, 0.4) is 0 Å². The molecule has 2 aromatic carbocycles. The summed E-state index contributed by atoms with van der Waals surface area (Å²) in [7, 11) is 3.24. The lowest BCUT2D eigenvalue weighted by atomic mass is 10.00. The molecular formula is C28H32N2O5. The fourth-order valence-electron chi connectivity index (χ4n) is 4.07. The van der Waals surface area contributed by atoms with E-state index in [9.17, 15) is 4.79 Å². The standard InChI is InChI=1S/C28H32N2O5/c1-32-25-10-9-20(17-26(25)33-2)13-16-35-27-8-4-7-24(30-27)22-5-3-6-23(18-22)28(31)29-19-21-11-14-34-15-12-21/h3-10,17-18,21H,11-16,19H2,1-2H3,(H,29,31). The molecule has 0 unspecified atom stereocenters. The molecule has 2 heterocycles. The first kappa shape index (κ1) is 24.5. The van der Waals surface area contributed by atoms with Crippen LogP contribution in [0.4, 0.5) is 0 Å². The SMILES string of the molecule is COc1ccc(CCOc2cccc(-c3cccc(C(=O)NCC4CCOCC4)c3)n2)cc1OC. The number of rotatable bonds is 10. The second kappa shape index (κ2) is 12.2. The first-order valence-corrected chi connectivity index (χ1v) is 11.9. The van der Waals surface area contributed by atoms with Crippen molar-refractivity contribution in [3.05, 3.63) is 71.8 Å². The molecule has 7 heteroatoms. The Hall–Kier alpha value is -3.58. The summed E-state index contributed by atoms with van der Waals surface area (Å²) >= 11 is 0. The molecular weight excluding hydrogens is 444 g/mol. The van der Waals surface area contributed by atoms with Gasteiger partial charge in [0.25, 0.3) is 5.91 Å². The van der Waals surface area contributed by atoms with Crippen molar-refractivity contribution >= 4 is 5.91 Å². The number of carbonyl (C=O) groups excluding carboxylic acids is 1. The average molecular weight is 477 g/mol. The number of aromatic nitrogens is 1. The first-order valence-electron chi connectivity index (χ1n) is 11.9. The molecule has 1 N–H and O–H groups in total. The van der Waals surface area contributed by atoms with E-state index in [1.807, 2.05) is 60.7 Å². The highest BCUT2D eigenvalue weighted by atomic mass is 16.5. The molecule has 4 rings (SSSR count). The zero-order valence-corrected chi connectivity index (χ0v) is 20.3. The van der Waals surface area contributed by atoms with Crippen molar-refractivity contribution in [2.24, 2.45) is 5.92 Å². The van der Waals surface area contributed by atoms with Crippen molar-refractivity contribution in [2.75, 3.05) is 40.6 Å². The Balaban J connectivity index is 1.35. The van der Waals surface area contributed by atoms with Gasteiger partial charge in [-0.25, -0.2) is 4.98 Å². The summed E-state index contributed by atoms with van der Waals surface area (Å²) in [5, 5.41) is 3.06. The molecule has 184 valence electrons. The molecule has 0 bridgehead atoms. The molecule has 3 aromatic rings. The zero-order valence-electron chi connectivity index (χ0n) is 20.3. The van der Waals surface area contributed by atoms with E-state index < -0.39 is 0 Å². The zero-order chi connectivity index (χ0) is 24.5. The summed E-state index contributed by atoms with van der Waals surface area (Å²) in [6.45, 7) is 2.69. The minimum atomic E-state index is -0.0688. The van der Waals surface area contributed by atoms with Crippen molar-refractivity contribution < 1.29 is 23.7 Å². The summed E-state index contributed by atoms with van der Waals surface area (Å²) in [5.41, 5.74) is 3.33. The van der Waals surface area contributed by atoms with E-state index in [-0.39, 0.29) is 5.91 Å². The fourth-order valence-corrected chi connectivity index (χ4v) is 4.07. The van der Waals surface area contributed by atoms with E-state index in [1.54, 1.807) is 14.2 Å². The third-order valence-electron chi connectivity index (χ3n) is 6.12. The number of amides is 1. The Morgan fingerprint density at radius 3 is 2.60 bits per heavy atom. The Morgan fingerprint density at radius 1 is 1.00 bits per heavy atom. The number of methoxy groups -OCH3 is 2. The van der Waals surface area contributed by atoms with E-state index in [2.05, 4.69) is 10.3 Å². The van der Waals surface area contributed by atoms with E-state index in [0.717, 1.165) is 42.9 Å². The summed E-state index contributed by atoms with van der Waals surface area (Å²) in [6, 6.07) is 19.0. The van der Waals surface area contributed by atoms with Crippen molar-refractivity contribution in [1.29, 1.82) is 0 Å². The minimum Gasteiger partial charge on any atom is -0.493 e. The number of ether oxygens (including phenoxy) is 4. The van der Waals surface area contributed by atoms with Crippen LogP contribution < -0.4 is 19.5 Å². The maximum Gasteiger partial charge on any atom is 0.251 e. The van der Waals surface area contributed by atoms with Gasteiger partial charge in [0.1, 0.15) is 0 Å². The van der Waals surface area contributed by atoms with Crippen LogP contribution in [0.2, 0.25) is 0 Å². The lowest BCUT2D eigenvalue weighted by Gasteiger charge is -2.22. The molecule has 7 nitrogen and oxygen atoms in total. The van der Waals surface area contributed by atoms with Crippen LogP contribution in [0.5, 0.6) is 17.4 Å². The number of nitrogens with zero attached hydrogens (tertiary/aromatic N) is 1. The van der Waals surface area contributed by atoms with E-state index >= 15 is 0 Å². The van der Waals surface area contributed by atoms with Crippen molar-refractivity contribution in [1.82, 2.24) is 10.3 Å². The molecule has 0 radical (unpaired) electrons. The molecule has 0 atom stereocenters. The number of pyridine rings is 1. The number of benzene rings is 2. The van der Waals surface area contributed by atoms with Gasteiger partial charge in [0, 0.05) is 43.4 Å². The predicted molar refractivity (Wildman–Crippen MR) is 134 cm³/mol. The lowest BCUT2D eigenvalue weighted by Crippen LogP contribution is -2.32. The smallest absolute Gasteiger partial charge is 0.251 e. The third kappa shape index (κ3) is 6.73. The maximum absolute atomic E-state index is 12.7. The van der Waals surface area contributed by atoms with Crippen LogP contribution in [-0.2, 0) is 11.2 Å². The van der Waals surface area contributed by atoms with Gasteiger partial charge in [-0.1, -0.05) is 24.3 Å². The highest BCUT2D eigenvalue weighted by Crippen LogP contribution is 2.28. The van der Waals surface area contributed by atoms with Crippen LogP contribution in [0.25, 0.3) is 11.3 Å². The van der Waals surface area contributed by atoms with Crippen molar-refractivity contribution in [3.8, 4) is 28.6 Å². The normalized spacial score (nSPS) is 13.8. The highest BCUT2D eigenvalue weighted by molar-refractivity contribution is 5.95. The molecule has 1 aromatic heterocycles. The summed E-state index contributed by atoms with van der Waals surface area (Å²) in [6.07, 6.45) is 2.68. The van der Waals surface area contributed by atoms with Gasteiger partial charge in [-0.3, -0.25) is 4.79 Å². The summed E-state index contributed by atoms with van der Waals surface area (Å²) < 4.78 is 22.0. The van der Waals surface area contributed by atoms with Gasteiger partial charge in [-0.05, 0) is 54.7 Å². The Labute approximate surface area is 206 Å². The van der Waals surface area contributed by atoms with Crippen LogP contribution in [0, 0.1) is 5.92 Å². The molecule has 1 aliphatic rings. The molecule has 1 aliphatic heterocycles. The van der Waals surface area contributed by atoms with E-state index in [4.69, 9.17) is 18.9 Å². The molecule has 1 fully saturated rings. The molecule has 1 saturated heterocycles.